The first-order valence-corrected chi connectivity index (χ1v) is 11.2. The lowest BCUT2D eigenvalue weighted by Gasteiger charge is -2.15. The number of ether oxygens (including phenoxy) is 1. The molecule has 0 saturated carbocycles. The van der Waals surface area contributed by atoms with Gasteiger partial charge in [-0.05, 0) is 32.4 Å². The van der Waals surface area contributed by atoms with Gasteiger partial charge in [-0.3, -0.25) is 4.79 Å². The van der Waals surface area contributed by atoms with Crippen molar-refractivity contribution in [2.24, 2.45) is 7.05 Å². The molecule has 3 aromatic heterocycles. The number of carbonyl (C=O) groups is 1. The number of nitrogens with one attached hydrogen (secondary N) is 2. The number of amides is 1. The number of imidazole rings is 1. The van der Waals surface area contributed by atoms with Crippen LogP contribution < -0.4 is 10.6 Å². The van der Waals surface area contributed by atoms with Gasteiger partial charge in [-0.15, -0.1) is 0 Å². The molecule has 0 aliphatic heterocycles. The minimum atomic E-state index is -0.135. The standard InChI is InChI=1S/C22H26N6O2S/c1-5-23-20-17-19(28(4)12-24-17)18-22(27-20)31-21(26-18)15-9-7-8-14(10-15)13(3)25-16(29)11-30-6-2/h7-10,12-13H,5-6,11H2,1-4H3,(H,23,27)(H,25,29)/t13-/m0/s1. The molecule has 4 rings (SSSR count). The summed E-state index contributed by atoms with van der Waals surface area (Å²) in [4.78, 5) is 27.1. The summed E-state index contributed by atoms with van der Waals surface area (Å²) in [6.07, 6.45) is 1.79. The quantitative estimate of drug-likeness (QED) is 0.433. The van der Waals surface area contributed by atoms with Crippen LogP contribution in [0.25, 0.3) is 32.0 Å². The average molecular weight is 439 g/mol. The molecule has 31 heavy (non-hydrogen) atoms. The average Bonchev–Trinajstić information content (AvgIpc) is 3.36. The number of hydrogen-bond acceptors (Lipinski definition) is 7. The Balaban J connectivity index is 1.69. The summed E-state index contributed by atoms with van der Waals surface area (Å²) in [6.45, 7) is 7.23. The van der Waals surface area contributed by atoms with E-state index in [0.29, 0.717) is 6.61 Å². The molecule has 1 atom stereocenters. The number of benzene rings is 1. The van der Waals surface area contributed by atoms with E-state index in [1.807, 2.05) is 50.6 Å². The van der Waals surface area contributed by atoms with Gasteiger partial charge in [-0.1, -0.05) is 29.5 Å². The third kappa shape index (κ3) is 4.24. The molecule has 0 fully saturated rings. The van der Waals surface area contributed by atoms with Crippen LogP contribution in [0, 0.1) is 0 Å². The molecular weight excluding hydrogens is 412 g/mol. The zero-order chi connectivity index (χ0) is 22.0. The van der Waals surface area contributed by atoms with E-state index in [9.17, 15) is 4.79 Å². The van der Waals surface area contributed by atoms with Crippen molar-refractivity contribution in [1.29, 1.82) is 0 Å². The highest BCUT2D eigenvalue weighted by Crippen LogP contribution is 2.35. The summed E-state index contributed by atoms with van der Waals surface area (Å²) >= 11 is 1.55. The van der Waals surface area contributed by atoms with Crippen molar-refractivity contribution in [3.05, 3.63) is 36.2 Å². The highest BCUT2D eigenvalue weighted by Gasteiger charge is 2.18. The number of anilines is 1. The van der Waals surface area contributed by atoms with Crippen molar-refractivity contribution >= 4 is 44.4 Å². The number of aromatic nitrogens is 4. The van der Waals surface area contributed by atoms with E-state index in [1.54, 1.807) is 17.7 Å². The van der Waals surface area contributed by atoms with Crippen LogP contribution in [0.4, 0.5) is 5.82 Å². The lowest BCUT2D eigenvalue weighted by molar-refractivity contribution is -0.126. The van der Waals surface area contributed by atoms with Crippen molar-refractivity contribution in [2.75, 3.05) is 25.1 Å². The minimum Gasteiger partial charge on any atom is -0.372 e. The minimum absolute atomic E-state index is 0.0684. The molecule has 2 N–H and O–H groups in total. The molecule has 1 aromatic carbocycles. The zero-order valence-corrected chi connectivity index (χ0v) is 18.9. The van der Waals surface area contributed by atoms with Crippen LogP contribution >= 0.6 is 11.3 Å². The van der Waals surface area contributed by atoms with Gasteiger partial charge >= 0.3 is 0 Å². The zero-order valence-electron chi connectivity index (χ0n) is 18.1. The Morgan fingerprint density at radius 2 is 2.10 bits per heavy atom. The van der Waals surface area contributed by atoms with Gasteiger partial charge in [0.1, 0.15) is 33.0 Å². The van der Waals surface area contributed by atoms with Gasteiger partial charge in [0.15, 0.2) is 5.82 Å². The number of hydrogen-bond donors (Lipinski definition) is 2. The maximum absolute atomic E-state index is 12.0. The second-order valence-electron chi connectivity index (χ2n) is 7.27. The predicted molar refractivity (Wildman–Crippen MR) is 124 cm³/mol. The number of nitrogens with zero attached hydrogens (tertiary/aromatic N) is 4. The number of fused-ring (bicyclic) bond motifs is 3. The smallest absolute Gasteiger partial charge is 0.246 e. The molecule has 0 aliphatic rings. The highest BCUT2D eigenvalue weighted by molar-refractivity contribution is 7.21. The van der Waals surface area contributed by atoms with Gasteiger partial charge in [-0.2, -0.15) is 0 Å². The maximum atomic E-state index is 12.0. The van der Waals surface area contributed by atoms with Crippen molar-refractivity contribution in [3.63, 3.8) is 0 Å². The van der Waals surface area contributed by atoms with Crippen molar-refractivity contribution in [2.45, 2.75) is 26.8 Å². The topological polar surface area (TPSA) is 94.0 Å². The van der Waals surface area contributed by atoms with E-state index in [1.165, 1.54) is 0 Å². The van der Waals surface area contributed by atoms with Crippen LogP contribution in [-0.2, 0) is 16.6 Å². The van der Waals surface area contributed by atoms with E-state index in [-0.39, 0.29) is 18.6 Å². The molecule has 0 bridgehead atoms. The van der Waals surface area contributed by atoms with Crippen molar-refractivity contribution in [1.82, 2.24) is 24.8 Å². The summed E-state index contributed by atoms with van der Waals surface area (Å²) in [5.74, 6) is 0.652. The van der Waals surface area contributed by atoms with Crippen LogP contribution in [-0.4, -0.2) is 45.2 Å². The fourth-order valence-corrected chi connectivity index (χ4v) is 4.44. The third-order valence-corrected chi connectivity index (χ3v) is 6.00. The van der Waals surface area contributed by atoms with Crippen molar-refractivity contribution < 1.29 is 9.53 Å². The monoisotopic (exact) mass is 438 g/mol. The molecule has 0 saturated heterocycles. The fraction of sp³-hybridized carbons (Fsp3) is 0.364. The molecule has 3 heterocycles. The lowest BCUT2D eigenvalue weighted by atomic mass is 10.1. The summed E-state index contributed by atoms with van der Waals surface area (Å²) in [5.41, 5.74) is 4.64. The fourth-order valence-electron chi connectivity index (χ4n) is 3.50. The SMILES string of the molecule is CCNc1nc2sc(-c3cccc([C@H](C)NC(=O)COCC)c3)nc2c2c1ncn2C. The summed E-state index contributed by atoms with van der Waals surface area (Å²) < 4.78 is 7.17. The van der Waals surface area contributed by atoms with Gasteiger partial charge in [0.25, 0.3) is 0 Å². The molecule has 162 valence electrons. The van der Waals surface area contributed by atoms with Gasteiger partial charge < -0.3 is 19.9 Å². The van der Waals surface area contributed by atoms with Crippen LogP contribution in [0.3, 0.4) is 0 Å². The van der Waals surface area contributed by atoms with E-state index < -0.39 is 0 Å². The van der Waals surface area contributed by atoms with E-state index in [2.05, 4.69) is 21.7 Å². The largest absolute Gasteiger partial charge is 0.372 e. The summed E-state index contributed by atoms with van der Waals surface area (Å²) in [7, 11) is 1.97. The van der Waals surface area contributed by atoms with Gasteiger partial charge in [0.05, 0.1) is 12.4 Å². The van der Waals surface area contributed by atoms with Gasteiger partial charge in [0, 0.05) is 25.8 Å². The summed E-state index contributed by atoms with van der Waals surface area (Å²) in [6, 6.07) is 7.95. The van der Waals surface area contributed by atoms with Crippen LogP contribution in [0.5, 0.6) is 0 Å². The molecule has 0 spiro atoms. The van der Waals surface area contributed by atoms with Gasteiger partial charge in [0.2, 0.25) is 5.91 Å². The molecule has 0 radical (unpaired) electrons. The van der Waals surface area contributed by atoms with Gasteiger partial charge in [-0.25, -0.2) is 15.0 Å². The number of thiazole rings is 1. The van der Waals surface area contributed by atoms with E-state index in [0.717, 1.165) is 49.9 Å². The second kappa shape index (κ2) is 8.99. The Morgan fingerprint density at radius 1 is 1.26 bits per heavy atom. The summed E-state index contributed by atoms with van der Waals surface area (Å²) in [5, 5.41) is 7.16. The highest BCUT2D eigenvalue weighted by atomic mass is 32.1. The molecule has 0 unspecified atom stereocenters. The number of carbonyl (C=O) groups excluding carboxylic acids is 1. The Hall–Kier alpha value is -3.04. The molecular formula is C22H26N6O2S. The maximum Gasteiger partial charge on any atom is 0.246 e. The molecule has 1 amide bonds. The predicted octanol–water partition coefficient (Wildman–Crippen LogP) is 3.89. The van der Waals surface area contributed by atoms with E-state index in [4.69, 9.17) is 14.7 Å². The first-order valence-electron chi connectivity index (χ1n) is 10.3. The number of rotatable bonds is 8. The van der Waals surface area contributed by atoms with E-state index >= 15 is 0 Å². The Bertz CT molecular complexity index is 1230. The normalized spacial score (nSPS) is 12.4. The Labute approximate surface area is 184 Å². The Kier molecular flexibility index (Phi) is 6.15. The Morgan fingerprint density at radius 3 is 2.87 bits per heavy atom. The number of pyridine rings is 1. The van der Waals surface area contributed by atoms with Crippen LogP contribution in [0.1, 0.15) is 32.4 Å². The number of aryl methyl sites for hydroxylation is 1. The lowest BCUT2D eigenvalue weighted by Crippen LogP contribution is -2.30. The molecule has 4 aromatic rings. The third-order valence-electron chi connectivity index (χ3n) is 5.00. The van der Waals surface area contributed by atoms with Crippen LogP contribution in [0.15, 0.2) is 30.6 Å². The molecule has 0 aliphatic carbocycles. The van der Waals surface area contributed by atoms with Crippen LogP contribution in [0.2, 0.25) is 0 Å². The first kappa shape index (κ1) is 21.2. The molecule has 9 heteroatoms. The molecule has 8 nitrogen and oxygen atoms in total. The second-order valence-corrected chi connectivity index (χ2v) is 8.25. The van der Waals surface area contributed by atoms with Crippen molar-refractivity contribution in [3.8, 4) is 10.6 Å². The first-order chi connectivity index (χ1) is 15.0.